The molecule has 240 valence electrons. The number of aromatic nitrogens is 1. The number of carbonyl (C=O) groups is 2. The first-order valence-corrected chi connectivity index (χ1v) is 15.1. The molecule has 46 heavy (non-hydrogen) atoms. The van der Waals surface area contributed by atoms with E-state index in [1.165, 1.54) is 35.4 Å². The molecule has 0 aliphatic carbocycles. The molecule has 0 bridgehead atoms. The molecule has 10 heteroatoms. The van der Waals surface area contributed by atoms with Crippen molar-refractivity contribution in [2.45, 2.75) is 57.9 Å². The summed E-state index contributed by atoms with van der Waals surface area (Å²) < 4.78 is 48.9. The Morgan fingerprint density at radius 2 is 1.67 bits per heavy atom. The zero-order chi connectivity index (χ0) is 33.0. The van der Waals surface area contributed by atoms with Crippen molar-refractivity contribution in [3.63, 3.8) is 0 Å². The molecule has 1 aliphatic rings. The van der Waals surface area contributed by atoms with Crippen LogP contribution < -0.4 is 10.6 Å². The van der Waals surface area contributed by atoms with Crippen molar-refractivity contribution in [2.75, 3.05) is 18.0 Å². The fourth-order valence-electron chi connectivity index (χ4n) is 5.90. The van der Waals surface area contributed by atoms with Crippen molar-refractivity contribution in [1.82, 2.24) is 9.88 Å². The quantitative estimate of drug-likeness (QED) is 0.222. The Kier molecular flexibility index (Phi) is 9.88. The number of halogens is 3. The van der Waals surface area contributed by atoms with Crippen LogP contribution in [0.2, 0.25) is 0 Å². The number of hydrogen-bond acceptors (Lipinski definition) is 5. The average Bonchev–Trinajstić information content (AvgIpc) is 3.46. The normalized spacial score (nSPS) is 16.8. The lowest BCUT2D eigenvalue weighted by Crippen LogP contribution is -2.53. The van der Waals surface area contributed by atoms with Crippen LogP contribution in [0, 0.1) is 17.5 Å². The number of amides is 2. The first kappa shape index (κ1) is 32.8. The minimum atomic E-state index is -0.931. The highest BCUT2D eigenvalue weighted by Crippen LogP contribution is 2.35. The summed E-state index contributed by atoms with van der Waals surface area (Å²) in [4.78, 5) is 34.8. The molecule has 1 fully saturated rings. The van der Waals surface area contributed by atoms with Crippen LogP contribution in [0.1, 0.15) is 48.7 Å². The van der Waals surface area contributed by atoms with Gasteiger partial charge in [0, 0.05) is 36.5 Å². The first-order valence-electron chi connectivity index (χ1n) is 15.1. The maximum atomic E-state index is 14.7. The van der Waals surface area contributed by atoms with Gasteiger partial charge in [-0.1, -0.05) is 36.4 Å². The third kappa shape index (κ3) is 7.63. The molecule has 2 N–H and O–H groups in total. The summed E-state index contributed by atoms with van der Waals surface area (Å²) in [5.74, 6) is -3.14. The van der Waals surface area contributed by atoms with Crippen LogP contribution in [0.5, 0.6) is 0 Å². The molecule has 1 saturated heterocycles. The number of ether oxygens (including phenoxy) is 1. The Morgan fingerprint density at radius 3 is 2.35 bits per heavy atom. The van der Waals surface area contributed by atoms with Gasteiger partial charge in [-0.05, 0) is 86.7 Å². The van der Waals surface area contributed by atoms with Gasteiger partial charge < -0.3 is 10.5 Å². The summed E-state index contributed by atoms with van der Waals surface area (Å²) in [6.45, 7) is 7.05. The lowest BCUT2D eigenvalue weighted by molar-refractivity contribution is -0.124. The smallest absolute Gasteiger partial charge is 0.251 e. The SMILES string of the molecule is CC(C)(C)N1C[C@H](OCc2ccccc2)C[C@H]1C(=O)N(CCc1cc(F)cc(F)c1)c1ncccc1-c1ccc(F)c(C(N)=O)c1. The van der Waals surface area contributed by atoms with Crippen LogP contribution in [-0.2, 0) is 22.6 Å². The predicted molar refractivity (Wildman–Crippen MR) is 170 cm³/mol. The molecular formula is C36H37F3N4O3. The van der Waals surface area contributed by atoms with E-state index >= 15 is 0 Å². The van der Waals surface area contributed by atoms with Crippen molar-refractivity contribution >= 4 is 17.6 Å². The van der Waals surface area contributed by atoms with Gasteiger partial charge in [0.15, 0.2) is 0 Å². The van der Waals surface area contributed by atoms with Crippen LogP contribution in [0.15, 0.2) is 85.1 Å². The van der Waals surface area contributed by atoms with Crippen molar-refractivity contribution in [3.05, 3.63) is 119 Å². The van der Waals surface area contributed by atoms with Crippen molar-refractivity contribution in [1.29, 1.82) is 0 Å². The number of benzene rings is 3. The van der Waals surface area contributed by atoms with Crippen LogP contribution in [-0.4, -0.2) is 52.5 Å². The average molecular weight is 631 g/mol. The van der Waals surface area contributed by atoms with E-state index < -0.39 is 34.9 Å². The van der Waals surface area contributed by atoms with Gasteiger partial charge >= 0.3 is 0 Å². The van der Waals surface area contributed by atoms with E-state index in [0.717, 1.165) is 17.7 Å². The van der Waals surface area contributed by atoms with Gasteiger partial charge in [0.1, 0.15) is 23.3 Å². The largest absolute Gasteiger partial charge is 0.372 e. The summed E-state index contributed by atoms with van der Waals surface area (Å²) in [6, 6.07) is 19.8. The van der Waals surface area contributed by atoms with E-state index in [-0.39, 0.29) is 36.4 Å². The maximum Gasteiger partial charge on any atom is 0.251 e. The highest BCUT2D eigenvalue weighted by Gasteiger charge is 2.44. The molecule has 2 atom stereocenters. The summed E-state index contributed by atoms with van der Waals surface area (Å²) in [6.07, 6.45) is 1.84. The second kappa shape index (κ2) is 13.8. The fourth-order valence-corrected chi connectivity index (χ4v) is 5.90. The summed E-state index contributed by atoms with van der Waals surface area (Å²) in [5, 5.41) is 0. The van der Waals surface area contributed by atoms with Gasteiger partial charge in [0.25, 0.3) is 5.91 Å². The molecule has 2 heterocycles. The Balaban J connectivity index is 1.52. The Labute approximate surface area is 266 Å². The topological polar surface area (TPSA) is 88.8 Å². The molecule has 1 aromatic heterocycles. The highest BCUT2D eigenvalue weighted by atomic mass is 19.1. The molecule has 2 amide bonds. The van der Waals surface area contributed by atoms with Gasteiger partial charge in [0.05, 0.1) is 24.3 Å². The minimum absolute atomic E-state index is 0.0413. The van der Waals surface area contributed by atoms with Crippen molar-refractivity contribution < 1.29 is 27.5 Å². The molecule has 7 nitrogen and oxygen atoms in total. The summed E-state index contributed by atoms with van der Waals surface area (Å²) >= 11 is 0. The van der Waals surface area contributed by atoms with Gasteiger partial charge in [-0.25, -0.2) is 18.2 Å². The zero-order valence-electron chi connectivity index (χ0n) is 26.1. The zero-order valence-corrected chi connectivity index (χ0v) is 26.1. The Hall–Kier alpha value is -4.54. The van der Waals surface area contributed by atoms with Crippen LogP contribution in [0.25, 0.3) is 11.1 Å². The monoisotopic (exact) mass is 630 g/mol. The van der Waals surface area contributed by atoms with E-state index in [1.54, 1.807) is 12.1 Å². The Bertz CT molecular complexity index is 1690. The lowest BCUT2D eigenvalue weighted by atomic mass is 10.0. The standard InChI is InChI=1S/C36H37F3N4O3/c1-36(2,3)43-21-28(46-22-23-8-5-4-6-9-23)20-32(43)35(45)42(15-13-24-16-26(37)19-27(38)17-24)34-29(10-7-14-41-34)25-11-12-31(39)30(18-25)33(40)44/h4-12,14,16-19,28,32H,13,15,20-22H2,1-3H3,(H2,40,44)/t28-,32+/m1/s1. The summed E-state index contributed by atoms with van der Waals surface area (Å²) in [5.41, 5.74) is 7.00. The van der Waals surface area contributed by atoms with Gasteiger partial charge in [-0.2, -0.15) is 0 Å². The maximum absolute atomic E-state index is 14.7. The van der Waals surface area contributed by atoms with Gasteiger partial charge in [0.2, 0.25) is 5.91 Å². The third-order valence-electron chi connectivity index (χ3n) is 8.14. The molecule has 0 spiro atoms. The minimum Gasteiger partial charge on any atom is -0.372 e. The number of nitrogens with two attached hydrogens (primary N) is 1. The third-order valence-corrected chi connectivity index (χ3v) is 8.14. The number of likely N-dealkylation sites (tertiary alicyclic amines) is 1. The number of rotatable bonds is 10. The first-order chi connectivity index (χ1) is 21.9. The molecule has 0 radical (unpaired) electrons. The molecular weight excluding hydrogens is 593 g/mol. The molecule has 0 unspecified atom stereocenters. The van der Waals surface area contributed by atoms with E-state index in [0.29, 0.717) is 36.3 Å². The fraction of sp³-hybridized carbons (Fsp3) is 0.306. The molecule has 3 aromatic carbocycles. The van der Waals surface area contributed by atoms with Crippen LogP contribution in [0.4, 0.5) is 19.0 Å². The highest BCUT2D eigenvalue weighted by molar-refractivity contribution is 6.00. The van der Waals surface area contributed by atoms with Crippen LogP contribution >= 0.6 is 0 Å². The van der Waals surface area contributed by atoms with Crippen molar-refractivity contribution in [2.24, 2.45) is 5.73 Å². The number of pyridine rings is 1. The van der Waals surface area contributed by atoms with Gasteiger partial charge in [-0.15, -0.1) is 0 Å². The van der Waals surface area contributed by atoms with E-state index in [2.05, 4.69) is 9.88 Å². The Morgan fingerprint density at radius 1 is 0.957 bits per heavy atom. The second-order valence-corrected chi connectivity index (χ2v) is 12.4. The van der Waals surface area contributed by atoms with E-state index in [4.69, 9.17) is 10.5 Å². The number of carbonyl (C=O) groups excluding carboxylic acids is 2. The second-order valence-electron chi connectivity index (χ2n) is 12.4. The number of nitrogens with zero attached hydrogens (tertiary/aromatic N) is 3. The molecule has 1 aliphatic heterocycles. The number of anilines is 1. The predicted octanol–water partition coefficient (Wildman–Crippen LogP) is 6.30. The molecule has 5 rings (SSSR count). The van der Waals surface area contributed by atoms with Gasteiger partial charge in [-0.3, -0.25) is 19.4 Å². The number of hydrogen-bond donors (Lipinski definition) is 1. The van der Waals surface area contributed by atoms with Crippen molar-refractivity contribution in [3.8, 4) is 11.1 Å². The summed E-state index contributed by atoms with van der Waals surface area (Å²) in [7, 11) is 0. The molecule has 0 saturated carbocycles. The van der Waals surface area contributed by atoms with Crippen LogP contribution in [0.3, 0.4) is 0 Å². The molecule has 4 aromatic rings. The number of primary amides is 1. The lowest BCUT2D eigenvalue weighted by Gasteiger charge is -2.38. The van der Waals surface area contributed by atoms with E-state index in [1.807, 2.05) is 51.1 Å². The van der Waals surface area contributed by atoms with E-state index in [9.17, 15) is 22.8 Å².